The molecule has 146 valence electrons. The van der Waals surface area contributed by atoms with Gasteiger partial charge in [0, 0.05) is 18.2 Å². The lowest BCUT2D eigenvalue weighted by molar-refractivity contribution is 0.186. The van der Waals surface area contributed by atoms with Gasteiger partial charge in [0.1, 0.15) is 17.4 Å². The summed E-state index contributed by atoms with van der Waals surface area (Å²) in [6.45, 7) is 4.36. The van der Waals surface area contributed by atoms with Crippen LogP contribution in [0.25, 0.3) is 0 Å². The highest BCUT2D eigenvalue weighted by Gasteiger charge is 2.14. The third kappa shape index (κ3) is 5.92. The van der Waals surface area contributed by atoms with E-state index >= 15 is 0 Å². The first kappa shape index (κ1) is 20.6. The van der Waals surface area contributed by atoms with Crippen LogP contribution in [0.4, 0.5) is 8.78 Å². The van der Waals surface area contributed by atoms with Crippen LogP contribution in [0.3, 0.4) is 0 Å². The van der Waals surface area contributed by atoms with Gasteiger partial charge in [-0.25, -0.2) is 8.78 Å². The van der Waals surface area contributed by atoms with Gasteiger partial charge in [-0.3, -0.25) is 4.99 Å². The molecule has 0 radical (unpaired) electrons. The summed E-state index contributed by atoms with van der Waals surface area (Å²) in [6, 6.07) is 10.2. The van der Waals surface area contributed by atoms with E-state index in [1.54, 1.807) is 38.3 Å². The molecule has 2 aromatic carbocycles. The molecule has 0 aliphatic rings. The normalized spacial score (nSPS) is 13.8. The lowest BCUT2D eigenvalue weighted by Crippen LogP contribution is -2.39. The first-order chi connectivity index (χ1) is 12.9. The SMILES string of the molecule is CCNC(=NCC(O)c1cccc(OC)c1)NC(C)c1ccc(F)cc1F. The van der Waals surface area contributed by atoms with Crippen LogP contribution in [-0.2, 0) is 0 Å². The standard InChI is InChI=1S/C20H25F2N3O2/c1-4-23-20(25-13(2)17-9-8-15(21)11-18(17)22)24-12-19(26)14-6-5-7-16(10-14)27-3/h5-11,13,19,26H,4,12H2,1-3H3,(H2,23,24,25). The van der Waals surface area contributed by atoms with Crippen LogP contribution in [0, 0.1) is 11.6 Å². The lowest BCUT2D eigenvalue weighted by atomic mass is 10.1. The molecule has 0 saturated heterocycles. The van der Waals surface area contributed by atoms with Gasteiger partial charge >= 0.3 is 0 Å². The largest absolute Gasteiger partial charge is 0.497 e. The van der Waals surface area contributed by atoms with E-state index in [0.29, 0.717) is 29.4 Å². The molecule has 0 fully saturated rings. The van der Waals surface area contributed by atoms with Gasteiger partial charge in [-0.15, -0.1) is 0 Å². The van der Waals surface area contributed by atoms with E-state index in [4.69, 9.17) is 4.74 Å². The van der Waals surface area contributed by atoms with Gasteiger partial charge in [0.05, 0.1) is 25.8 Å². The molecule has 0 heterocycles. The van der Waals surface area contributed by atoms with Gasteiger partial charge < -0.3 is 20.5 Å². The zero-order chi connectivity index (χ0) is 19.8. The van der Waals surface area contributed by atoms with Gasteiger partial charge in [0.2, 0.25) is 0 Å². The van der Waals surface area contributed by atoms with Crippen LogP contribution in [0.5, 0.6) is 5.75 Å². The lowest BCUT2D eigenvalue weighted by Gasteiger charge is -2.19. The van der Waals surface area contributed by atoms with Crippen molar-refractivity contribution in [2.75, 3.05) is 20.2 Å². The Hall–Kier alpha value is -2.67. The summed E-state index contributed by atoms with van der Waals surface area (Å²) < 4.78 is 32.2. The number of halogens is 2. The van der Waals surface area contributed by atoms with E-state index in [9.17, 15) is 13.9 Å². The van der Waals surface area contributed by atoms with Crippen molar-refractivity contribution in [2.24, 2.45) is 4.99 Å². The Kier molecular flexibility index (Phi) is 7.55. The number of hydrogen-bond acceptors (Lipinski definition) is 3. The molecule has 2 rings (SSSR count). The van der Waals surface area contributed by atoms with Crippen LogP contribution < -0.4 is 15.4 Å². The molecule has 2 unspecified atom stereocenters. The van der Waals surface area contributed by atoms with Crippen molar-refractivity contribution in [1.82, 2.24) is 10.6 Å². The summed E-state index contributed by atoms with van der Waals surface area (Å²) >= 11 is 0. The van der Waals surface area contributed by atoms with Crippen LogP contribution >= 0.6 is 0 Å². The van der Waals surface area contributed by atoms with Crippen molar-refractivity contribution in [1.29, 1.82) is 0 Å². The number of benzene rings is 2. The fourth-order valence-electron chi connectivity index (χ4n) is 2.59. The van der Waals surface area contributed by atoms with Crippen LogP contribution in [0.1, 0.15) is 37.1 Å². The molecular formula is C20H25F2N3O2. The summed E-state index contributed by atoms with van der Waals surface area (Å²) in [5.74, 6) is -0.163. The molecule has 2 atom stereocenters. The van der Waals surface area contributed by atoms with Crippen molar-refractivity contribution in [2.45, 2.75) is 26.0 Å². The van der Waals surface area contributed by atoms with Gasteiger partial charge in [0.15, 0.2) is 5.96 Å². The average molecular weight is 377 g/mol. The summed E-state index contributed by atoms with van der Waals surface area (Å²) in [5, 5.41) is 16.5. The number of nitrogens with one attached hydrogen (secondary N) is 2. The van der Waals surface area contributed by atoms with E-state index in [1.165, 1.54) is 12.1 Å². The predicted octanol–water partition coefficient (Wildman–Crippen LogP) is 3.32. The topological polar surface area (TPSA) is 65.9 Å². The van der Waals surface area contributed by atoms with E-state index in [-0.39, 0.29) is 6.54 Å². The van der Waals surface area contributed by atoms with Gasteiger partial charge in [0.25, 0.3) is 0 Å². The maximum atomic E-state index is 14.0. The van der Waals surface area contributed by atoms with Crippen LogP contribution in [-0.4, -0.2) is 31.3 Å². The minimum absolute atomic E-state index is 0.112. The summed E-state index contributed by atoms with van der Waals surface area (Å²) in [5.41, 5.74) is 1.02. The number of methoxy groups -OCH3 is 1. The maximum absolute atomic E-state index is 14.0. The molecule has 0 aliphatic carbocycles. The second-order valence-electron chi connectivity index (χ2n) is 6.04. The zero-order valence-electron chi connectivity index (χ0n) is 15.7. The van der Waals surface area contributed by atoms with Crippen molar-refractivity contribution >= 4 is 5.96 Å². The second kappa shape index (κ2) is 9.87. The molecule has 0 aliphatic heterocycles. The number of aliphatic hydroxyl groups excluding tert-OH is 1. The average Bonchev–Trinajstić information content (AvgIpc) is 2.65. The zero-order valence-corrected chi connectivity index (χ0v) is 15.7. The molecule has 0 aromatic heterocycles. The van der Waals surface area contributed by atoms with Crippen LogP contribution in [0.15, 0.2) is 47.5 Å². The third-order valence-corrected chi connectivity index (χ3v) is 4.03. The quantitative estimate of drug-likeness (QED) is 0.512. The molecule has 0 amide bonds. The second-order valence-corrected chi connectivity index (χ2v) is 6.04. The highest BCUT2D eigenvalue weighted by atomic mass is 19.1. The van der Waals surface area contributed by atoms with Gasteiger partial charge in [-0.05, 0) is 37.6 Å². The summed E-state index contributed by atoms with van der Waals surface area (Å²) in [7, 11) is 1.56. The number of nitrogens with zero attached hydrogens (tertiary/aromatic N) is 1. The number of rotatable bonds is 7. The minimum atomic E-state index is -0.812. The third-order valence-electron chi connectivity index (χ3n) is 4.03. The summed E-state index contributed by atoms with van der Waals surface area (Å²) in [6.07, 6.45) is -0.812. The van der Waals surface area contributed by atoms with E-state index in [1.807, 2.05) is 6.92 Å². The molecule has 0 saturated carbocycles. The highest BCUT2D eigenvalue weighted by Crippen LogP contribution is 2.20. The van der Waals surface area contributed by atoms with Crippen LogP contribution in [0.2, 0.25) is 0 Å². The molecule has 0 bridgehead atoms. The van der Waals surface area contributed by atoms with Gasteiger partial charge in [-0.2, -0.15) is 0 Å². The Balaban J connectivity index is 2.08. The Morgan fingerprint density at radius 1 is 1.22 bits per heavy atom. The van der Waals surface area contributed by atoms with E-state index in [0.717, 1.165) is 6.07 Å². The molecule has 0 spiro atoms. The van der Waals surface area contributed by atoms with Crippen molar-refractivity contribution in [3.05, 3.63) is 65.2 Å². The molecule has 2 aromatic rings. The monoisotopic (exact) mass is 377 g/mol. The summed E-state index contributed by atoms with van der Waals surface area (Å²) in [4.78, 5) is 4.37. The van der Waals surface area contributed by atoms with E-state index < -0.39 is 23.8 Å². The molecular weight excluding hydrogens is 352 g/mol. The molecule has 27 heavy (non-hydrogen) atoms. The number of hydrogen-bond donors (Lipinski definition) is 3. The Morgan fingerprint density at radius 2 is 2.00 bits per heavy atom. The number of guanidine groups is 1. The van der Waals surface area contributed by atoms with Gasteiger partial charge in [-0.1, -0.05) is 18.2 Å². The number of ether oxygens (including phenoxy) is 1. The van der Waals surface area contributed by atoms with Crippen molar-refractivity contribution in [3.8, 4) is 5.75 Å². The fraction of sp³-hybridized carbons (Fsp3) is 0.350. The van der Waals surface area contributed by atoms with E-state index in [2.05, 4.69) is 15.6 Å². The maximum Gasteiger partial charge on any atom is 0.191 e. The van der Waals surface area contributed by atoms with Crippen molar-refractivity contribution in [3.63, 3.8) is 0 Å². The Labute approximate surface area is 158 Å². The minimum Gasteiger partial charge on any atom is -0.497 e. The fourth-order valence-corrected chi connectivity index (χ4v) is 2.59. The Morgan fingerprint density at radius 3 is 2.67 bits per heavy atom. The molecule has 5 nitrogen and oxygen atoms in total. The number of aliphatic imine (C=N–C) groups is 1. The number of aliphatic hydroxyl groups is 1. The first-order valence-corrected chi connectivity index (χ1v) is 8.76. The molecule has 7 heteroatoms. The van der Waals surface area contributed by atoms with Crippen molar-refractivity contribution < 1.29 is 18.6 Å². The highest BCUT2D eigenvalue weighted by molar-refractivity contribution is 5.80. The smallest absolute Gasteiger partial charge is 0.191 e. The Bertz CT molecular complexity index is 784. The first-order valence-electron chi connectivity index (χ1n) is 8.76. The molecule has 3 N–H and O–H groups in total. The predicted molar refractivity (Wildman–Crippen MR) is 102 cm³/mol.